The number of likely N-dealkylation sites (N-methyl/N-ethyl adjacent to an activating group) is 1. The third kappa shape index (κ3) is 3.10. The van der Waals surface area contributed by atoms with Crippen molar-refractivity contribution in [1.82, 2.24) is 20.4 Å². The molecule has 1 amide bonds. The molecule has 1 heterocycles. The van der Waals surface area contributed by atoms with Crippen molar-refractivity contribution in [3.63, 3.8) is 0 Å². The predicted molar refractivity (Wildman–Crippen MR) is 72.3 cm³/mol. The van der Waals surface area contributed by atoms with E-state index in [9.17, 15) is 4.79 Å². The minimum absolute atomic E-state index is 0.00648. The second kappa shape index (κ2) is 5.52. The first kappa shape index (κ1) is 14.7. The zero-order valence-corrected chi connectivity index (χ0v) is 12.2. The number of carbonyl (C=O) groups excluding carboxylic acids is 1. The van der Waals surface area contributed by atoms with Crippen LogP contribution in [0.5, 0.6) is 0 Å². The first-order valence-corrected chi connectivity index (χ1v) is 6.32. The predicted octanol–water partition coefficient (Wildman–Crippen LogP) is 1.04. The molecule has 0 aliphatic carbocycles. The molecule has 0 aliphatic heterocycles. The lowest BCUT2D eigenvalue weighted by atomic mass is 10.0. The lowest BCUT2D eigenvalue weighted by molar-refractivity contribution is -0.126. The first-order valence-electron chi connectivity index (χ1n) is 6.32. The zero-order valence-electron chi connectivity index (χ0n) is 12.2. The fourth-order valence-corrected chi connectivity index (χ4v) is 1.99. The van der Waals surface area contributed by atoms with E-state index < -0.39 is 5.54 Å². The molecule has 5 nitrogen and oxygen atoms in total. The van der Waals surface area contributed by atoms with Crippen LogP contribution < -0.4 is 10.6 Å². The van der Waals surface area contributed by atoms with Crippen molar-refractivity contribution >= 4 is 5.91 Å². The van der Waals surface area contributed by atoms with Crippen LogP contribution in [0.2, 0.25) is 0 Å². The van der Waals surface area contributed by atoms with Crippen LogP contribution in [-0.4, -0.2) is 27.8 Å². The molecule has 0 saturated carbocycles. The molecule has 102 valence electrons. The van der Waals surface area contributed by atoms with Gasteiger partial charge < -0.3 is 10.6 Å². The number of hydrogen-bond acceptors (Lipinski definition) is 3. The van der Waals surface area contributed by atoms with Gasteiger partial charge in [-0.2, -0.15) is 5.10 Å². The number of carbonyl (C=O) groups is 1. The smallest absolute Gasteiger partial charge is 0.239 e. The molecule has 0 aromatic carbocycles. The Balaban J connectivity index is 2.68. The summed E-state index contributed by atoms with van der Waals surface area (Å²) in [5.41, 5.74) is 2.61. The number of amides is 1. The van der Waals surface area contributed by atoms with Gasteiger partial charge in [0.25, 0.3) is 0 Å². The SMILES string of the molecule is CCNC(C)(C)C(=O)NCc1c(C)nn(C)c1C. The maximum Gasteiger partial charge on any atom is 0.239 e. The quantitative estimate of drug-likeness (QED) is 0.823. The minimum Gasteiger partial charge on any atom is -0.350 e. The summed E-state index contributed by atoms with van der Waals surface area (Å²) in [6, 6.07) is 0. The van der Waals surface area contributed by atoms with Crippen molar-refractivity contribution < 1.29 is 4.79 Å². The topological polar surface area (TPSA) is 59.0 Å². The second-order valence-corrected chi connectivity index (χ2v) is 5.11. The highest BCUT2D eigenvalue weighted by molar-refractivity contribution is 5.85. The first-order chi connectivity index (χ1) is 8.29. The fraction of sp³-hybridized carbons (Fsp3) is 0.692. The van der Waals surface area contributed by atoms with Gasteiger partial charge in [0.1, 0.15) is 0 Å². The van der Waals surface area contributed by atoms with Gasteiger partial charge in [0.05, 0.1) is 11.2 Å². The van der Waals surface area contributed by atoms with E-state index in [2.05, 4.69) is 15.7 Å². The van der Waals surface area contributed by atoms with E-state index in [0.29, 0.717) is 6.54 Å². The van der Waals surface area contributed by atoms with Crippen molar-refractivity contribution in [2.45, 2.75) is 46.7 Å². The van der Waals surface area contributed by atoms with E-state index in [1.807, 2.05) is 46.3 Å². The Bertz CT molecular complexity index is 434. The van der Waals surface area contributed by atoms with Crippen LogP contribution in [0.1, 0.15) is 37.7 Å². The van der Waals surface area contributed by atoms with Gasteiger partial charge in [-0.3, -0.25) is 9.48 Å². The highest BCUT2D eigenvalue weighted by Gasteiger charge is 2.26. The van der Waals surface area contributed by atoms with Gasteiger partial charge >= 0.3 is 0 Å². The molecule has 0 fully saturated rings. The van der Waals surface area contributed by atoms with E-state index in [4.69, 9.17) is 0 Å². The van der Waals surface area contributed by atoms with Crippen LogP contribution in [0.25, 0.3) is 0 Å². The van der Waals surface area contributed by atoms with Gasteiger partial charge in [-0.15, -0.1) is 0 Å². The number of nitrogens with one attached hydrogen (secondary N) is 2. The van der Waals surface area contributed by atoms with Gasteiger partial charge in [0.2, 0.25) is 5.91 Å². The summed E-state index contributed by atoms with van der Waals surface area (Å²) in [5.74, 6) is 0.00648. The number of aryl methyl sites for hydroxylation is 2. The minimum atomic E-state index is -0.543. The molecule has 1 aromatic rings. The molecule has 0 unspecified atom stereocenters. The summed E-state index contributed by atoms with van der Waals surface area (Å²) in [4.78, 5) is 12.1. The molecule has 0 bridgehead atoms. The number of aromatic nitrogens is 2. The summed E-state index contributed by atoms with van der Waals surface area (Å²) in [5, 5.41) is 10.5. The zero-order chi connectivity index (χ0) is 13.9. The molecule has 0 spiro atoms. The Labute approximate surface area is 109 Å². The third-order valence-corrected chi connectivity index (χ3v) is 3.27. The van der Waals surface area contributed by atoms with Crippen molar-refractivity contribution in [3.05, 3.63) is 17.0 Å². The molecular formula is C13H24N4O. The van der Waals surface area contributed by atoms with E-state index in [0.717, 1.165) is 23.5 Å². The fourth-order valence-electron chi connectivity index (χ4n) is 1.99. The monoisotopic (exact) mass is 252 g/mol. The molecule has 0 atom stereocenters. The Hall–Kier alpha value is -1.36. The average molecular weight is 252 g/mol. The molecule has 1 aromatic heterocycles. The van der Waals surface area contributed by atoms with Gasteiger partial charge in [0, 0.05) is 24.8 Å². The van der Waals surface area contributed by atoms with Crippen LogP contribution in [0.15, 0.2) is 0 Å². The van der Waals surface area contributed by atoms with Crippen LogP contribution in [0.3, 0.4) is 0 Å². The summed E-state index contributed by atoms with van der Waals surface area (Å²) in [6.07, 6.45) is 0. The number of nitrogens with zero attached hydrogens (tertiary/aromatic N) is 2. The van der Waals surface area contributed by atoms with Crippen molar-refractivity contribution in [2.24, 2.45) is 7.05 Å². The number of rotatable bonds is 5. The van der Waals surface area contributed by atoms with Gasteiger partial charge in [0.15, 0.2) is 0 Å². The standard InChI is InChI=1S/C13H24N4O/c1-7-15-13(4,5)12(18)14-8-11-9(2)16-17(6)10(11)3/h15H,7-8H2,1-6H3,(H,14,18). The molecule has 5 heteroatoms. The number of hydrogen-bond donors (Lipinski definition) is 2. The van der Waals surface area contributed by atoms with E-state index in [1.54, 1.807) is 0 Å². The molecular weight excluding hydrogens is 228 g/mol. The Kier molecular flexibility index (Phi) is 4.51. The summed E-state index contributed by atoms with van der Waals surface area (Å²) >= 11 is 0. The summed E-state index contributed by atoms with van der Waals surface area (Å²) in [6.45, 7) is 11.0. The highest BCUT2D eigenvalue weighted by atomic mass is 16.2. The van der Waals surface area contributed by atoms with E-state index in [1.165, 1.54) is 0 Å². The molecule has 1 rings (SSSR count). The molecule has 0 aliphatic rings. The van der Waals surface area contributed by atoms with Crippen LogP contribution in [-0.2, 0) is 18.4 Å². The van der Waals surface area contributed by atoms with Crippen LogP contribution in [0.4, 0.5) is 0 Å². The van der Waals surface area contributed by atoms with Crippen LogP contribution >= 0.6 is 0 Å². The van der Waals surface area contributed by atoms with Crippen molar-refractivity contribution in [3.8, 4) is 0 Å². The Morgan fingerprint density at radius 3 is 2.44 bits per heavy atom. The largest absolute Gasteiger partial charge is 0.350 e. The van der Waals surface area contributed by atoms with Gasteiger partial charge in [-0.05, 0) is 34.2 Å². The normalized spacial score (nSPS) is 11.7. The van der Waals surface area contributed by atoms with Crippen LogP contribution in [0, 0.1) is 13.8 Å². The average Bonchev–Trinajstić information content (AvgIpc) is 2.50. The van der Waals surface area contributed by atoms with Crippen molar-refractivity contribution in [1.29, 1.82) is 0 Å². The lowest BCUT2D eigenvalue weighted by Gasteiger charge is -2.24. The Morgan fingerprint density at radius 1 is 1.39 bits per heavy atom. The van der Waals surface area contributed by atoms with Gasteiger partial charge in [-0.25, -0.2) is 0 Å². The molecule has 18 heavy (non-hydrogen) atoms. The Morgan fingerprint density at radius 2 is 2.00 bits per heavy atom. The molecule has 2 N–H and O–H groups in total. The molecule has 0 saturated heterocycles. The second-order valence-electron chi connectivity index (χ2n) is 5.11. The van der Waals surface area contributed by atoms with Gasteiger partial charge in [-0.1, -0.05) is 6.92 Å². The van der Waals surface area contributed by atoms with Crippen molar-refractivity contribution in [2.75, 3.05) is 6.54 Å². The van der Waals surface area contributed by atoms with E-state index in [-0.39, 0.29) is 5.91 Å². The molecule has 0 radical (unpaired) electrons. The maximum absolute atomic E-state index is 12.1. The highest BCUT2D eigenvalue weighted by Crippen LogP contribution is 2.12. The summed E-state index contributed by atoms with van der Waals surface area (Å²) in [7, 11) is 1.91. The third-order valence-electron chi connectivity index (χ3n) is 3.27. The lowest BCUT2D eigenvalue weighted by Crippen LogP contribution is -2.52. The maximum atomic E-state index is 12.1. The summed E-state index contributed by atoms with van der Waals surface area (Å²) < 4.78 is 1.84. The van der Waals surface area contributed by atoms with E-state index >= 15 is 0 Å².